The Morgan fingerprint density at radius 3 is 2.38 bits per heavy atom. The van der Waals surface area contributed by atoms with Crippen molar-refractivity contribution in [1.82, 2.24) is 5.32 Å². The lowest BCUT2D eigenvalue weighted by atomic mass is 9.86. The van der Waals surface area contributed by atoms with E-state index in [0.717, 1.165) is 5.56 Å². The van der Waals surface area contributed by atoms with E-state index in [1.807, 2.05) is 19.9 Å². The topological polar surface area (TPSA) is 32.3 Å². The highest BCUT2D eigenvalue weighted by Crippen LogP contribution is 2.21. The molecule has 0 atom stereocenters. The minimum atomic E-state index is -0.833. The molecule has 0 unspecified atom stereocenters. The number of benzene rings is 1. The van der Waals surface area contributed by atoms with Gasteiger partial charge >= 0.3 is 0 Å². The van der Waals surface area contributed by atoms with E-state index in [-0.39, 0.29) is 5.82 Å². The molecular formula is C13H20FNO. The molecule has 0 saturated heterocycles. The fraction of sp³-hybridized carbons (Fsp3) is 0.538. The van der Waals surface area contributed by atoms with Crippen molar-refractivity contribution >= 4 is 0 Å². The molecule has 0 aliphatic rings. The zero-order valence-corrected chi connectivity index (χ0v) is 10.3. The fourth-order valence-electron chi connectivity index (χ4n) is 1.19. The summed E-state index contributed by atoms with van der Waals surface area (Å²) in [4.78, 5) is 0. The SMILES string of the molecule is CC(C)(O)C(C)(C)NCc1cccc(F)c1. The molecule has 0 heterocycles. The van der Waals surface area contributed by atoms with Gasteiger partial charge in [-0.25, -0.2) is 4.39 Å². The van der Waals surface area contributed by atoms with Crippen LogP contribution < -0.4 is 5.32 Å². The van der Waals surface area contributed by atoms with Crippen LogP contribution in [-0.2, 0) is 6.54 Å². The molecule has 0 aliphatic heterocycles. The summed E-state index contributed by atoms with van der Waals surface area (Å²) in [6.45, 7) is 7.89. The van der Waals surface area contributed by atoms with E-state index in [9.17, 15) is 9.50 Å². The largest absolute Gasteiger partial charge is 0.389 e. The summed E-state index contributed by atoms with van der Waals surface area (Å²) in [5.74, 6) is -0.236. The first-order chi connectivity index (χ1) is 7.22. The summed E-state index contributed by atoms with van der Waals surface area (Å²) < 4.78 is 12.9. The molecular weight excluding hydrogens is 205 g/mol. The first kappa shape index (κ1) is 13.1. The summed E-state index contributed by atoms with van der Waals surface area (Å²) in [6, 6.07) is 6.46. The third kappa shape index (κ3) is 3.29. The van der Waals surface area contributed by atoms with E-state index in [1.165, 1.54) is 12.1 Å². The Bertz CT molecular complexity index is 355. The molecule has 16 heavy (non-hydrogen) atoms. The predicted molar refractivity (Wildman–Crippen MR) is 63.6 cm³/mol. The molecule has 1 aromatic carbocycles. The third-order valence-electron chi connectivity index (χ3n) is 3.15. The Balaban J connectivity index is 2.65. The number of hydrogen-bond donors (Lipinski definition) is 2. The molecule has 0 aliphatic carbocycles. The quantitative estimate of drug-likeness (QED) is 0.825. The standard InChI is InChI=1S/C13H20FNO/c1-12(2,13(3,4)16)15-9-10-6-5-7-11(14)8-10/h5-8,15-16H,9H2,1-4H3. The minimum absolute atomic E-state index is 0.236. The highest BCUT2D eigenvalue weighted by Gasteiger charge is 2.34. The van der Waals surface area contributed by atoms with Crippen molar-refractivity contribution < 1.29 is 9.50 Å². The van der Waals surface area contributed by atoms with Crippen molar-refractivity contribution in [1.29, 1.82) is 0 Å². The van der Waals surface area contributed by atoms with Crippen LogP contribution in [0.2, 0.25) is 0 Å². The average Bonchev–Trinajstić information content (AvgIpc) is 2.13. The van der Waals surface area contributed by atoms with Crippen LogP contribution >= 0.6 is 0 Å². The maximum Gasteiger partial charge on any atom is 0.123 e. The first-order valence-corrected chi connectivity index (χ1v) is 5.44. The zero-order chi connectivity index (χ0) is 12.4. The molecule has 90 valence electrons. The van der Waals surface area contributed by atoms with Gasteiger partial charge in [0.05, 0.1) is 5.60 Å². The Kier molecular flexibility index (Phi) is 3.71. The smallest absolute Gasteiger partial charge is 0.123 e. The number of aliphatic hydroxyl groups is 1. The molecule has 2 N–H and O–H groups in total. The predicted octanol–water partition coefficient (Wildman–Crippen LogP) is 2.46. The van der Waals surface area contributed by atoms with Crippen molar-refractivity contribution in [2.75, 3.05) is 0 Å². The number of hydrogen-bond acceptors (Lipinski definition) is 2. The molecule has 0 radical (unpaired) electrons. The van der Waals surface area contributed by atoms with Crippen molar-refractivity contribution in [3.63, 3.8) is 0 Å². The van der Waals surface area contributed by atoms with E-state index in [2.05, 4.69) is 5.32 Å². The van der Waals surface area contributed by atoms with Gasteiger partial charge in [-0.2, -0.15) is 0 Å². The van der Waals surface area contributed by atoms with E-state index in [4.69, 9.17) is 0 Å². The fourth-order valence-corrected chi connectivity index (χ4v) is 1.19. The lowest BCUT2D eigenvalue weighted by Crippen LogP contribution is -2.55. The van der Waals surface area contributed by atoms with E-state index in [0.29, 0.717) is 6.54 Å². The van der Waals surface area contributed by atoms with Gasteiger partial charge in [0.15, 0.2) is 0 Å². The average molecular weight is 225 g/mol. The van der Waals surface area contributed by atoms with Crippen LogP contribution in [0, 0.1) is 5.82 Å². The van der Waals surface area contributed by atoms with E-state index in [1.54, 1.807) is 19.9 Å². The molecule has 0 saturated carbocycles. The molecule has 3 heteroatoms. The molecule has 0 aromatic heterocycles. The number of halogens is 1. The van der Waals surface area contributed by atoms with Crippen molar-refractivity contribution in [2.45, 2.75) is 45.4 Å². The number of nitrogens with one attached hydrogen (secondary N) is 1. The van der Waals surface area contributed by atoms with Gasteiger partial charge in [-0.15, -0.1) is 0 Å². The van der Waals surface area contributed by atoms with Crippen molar-refractivity contribution in [2.24, 2.45) is 0 Å². The lowest BCUT2D eigenvalue weighted by Gasteiger charge is -2.38. The molecule has 2 nitrogen and oxygen atoms in total. The molecule has 0 fully saturated rings. The van der Waals surface area contributed by atoms with Gasteiger partial charge in [-0.05, 0) is 45.4 Å². The minimum Gasteiger partial charge on any atom is -0.389 e. The van der Waals surface area contributed by atoms with Gasteiger partial charge in [0, 0.05) is 12.1 Å². The van der Waals surface area contributed by atoms with Crippen molar-refractivity contribution in [3.05, 3.63) is 35.6 Å². The van der Waals surface area contributed by atoms with Crippen LogP contribution in [0.25, 0.3) is 0 Å². The monoisotopic (exact) mass is 225 g/mol. The van der Waals surface area contributed by atoms with Gasteiger partial charge in [0.25, 0.3) is 0 Å². The summed E-state index contributed by atoms with van der Waals surface area (Å²) in [7, 11) is 0. The molecule has 1 rings (SSSR count). The normalized spacial score (nSPS) is 12.9. The Morgan fingerprint density at radius 2 is 1.88 bits per heavy atom. The molecule has 1 aromatic rings. The molecule has 0 bridgehead atoms. The van der Waals surface area contributed by atoms with Gasteiger partial charge in [-0.1, -0.05) is 12.1 Å². The van der Waals surface area contributed by atoms with Crippen LogP contribution in [0.1, 0.15) is 33.3 Å². The van der Waals surface area contributed by atoms with Crippen LogP contribution in [0.15, 0.2) is 24.3 Å². The number of rotatable bonds is 4. The maximum atomic E-state index is 12.9. The van der Waals surface area contributed by atoms with Crippen molar-refractivity contribution in [3.8, 4) is 0 Å². The highest BCUT2D eigenvalue weighted by molar-refractivity contribution is 5.16. The van der Waals surface area contributed by atoms with Crippen LogP contribution in [0.3, 0.4) is 0 Å². The summed E-state index contributed by atoms with van der Waals surface area (Å²) >= 11 is 0. The Labute approximate surface area is 96.5 Å². The van der Waals surface area contributed by atoms with Gasteiger partial charge in [-0.3, -0.25) is 0 Å². The van der Waals surface area contributed by atoms with E-state index < -0.39 is 11.1 Å². The van der Waals surface area contributed by atoms with Crippen LogP contribution in [-0.4, -0.2) is 16.2 Å². The Hall–Kier alpha value is -0.930. The van der Waals surface area contributed by atoms with E-state index >= 15 is 0 Å². The van der Waals surface area contributed by atoms with Gasteiger partial charge in [0.2, 0.25) is 0 Å². The summed E-state index contributed by atoms with van der Waals surface area (Å²) in [6.07, 6.45) is 0. The van der Waals surface area contributed by atoms with Crippen LogP contribution in [0.5, 0.6) is 0 Å². The zero-order valence-electron chi connectivity index (χ0n) is 10.3. The van der Waals surface area contributed by atoms with Gasteiger partial charge < -0.3 is 10.4 Å². The highest BCUT2D eigenvalue weighted by atomic mass is 19.1. The summed E-state index contributed by atoms with van der Waals surface area (Å²) in [5, 5.41) is 13.2. The second kappa shape index (κ2) is 4.52. The van der Waals surface area contributed by atoms with Gasteiger partial charge in [0.1, 0.15) is 5.82 Å². The maximum absolute atomic E-state index is 12.9. The lowest BCUT2D eigenvalue weighted by molar-refractivity contribution is -0.00532. The second-order valence-electron chi connectivity index (χ2n) is 5.17. The Morgan fingerprint density at radius 1 is 1.25 bits per heavy atom. The molecule has 0 spiro atoms. The second-order valence-corrected chi connectivity index (χ2v) is 5.17. The summed E-state index contributed by atoms with van der Waals surface area (Å²) in [5.41, 5.74) is -0.392. The van der Waals surface area contributed by atoms with Crippen LogP contribution in [0.4, 0.5) is 4.39 Å². The first-order valence-electron chi connectivity index (χ1n) is 5.44. The third-order valence-corrected chi connectivity index (χ3v) is 3.15. The molecule has 0 amide bonds.